The van der Waals surface area contributed by atoms with Crippen LogP contribution >= 0.6 is 0 Å². The third-order valence-electron chi connectivity index (χ3n) is 6.87. The van der Waals surface area contributed by atoms with Crippen molar-refractivity contribution in [3.8, 4) is 0 Å². The van der Waals surface area contributed by atoms with Crippen LogP contribution in [0.3, 0.4) is 0 Å². The van der Waals surface area contributed by atoms with Crippen molar-refractivity contribution < 1.29 is 34.3 Å². The number of hydrogen-bond donors (Lipinski definition) is 3. The highest BCUT2D eigenvalue weighted by Gasteiger charge is 2.48. The standard InChI is InChI=1S/C25H46O6.CH4O/c1-9-22(29-6)18(4)20-15-21(20)24(26)17(3)12-10-11-16(2)13-19(28-5)14-23(30-7)25(27)31-8;1-2/h10-12,17-27H,9,13-15H2,1-8H3;2H,1H3/b12-10+,16-11+;. The topological polar surface area (TPSA) is 97.6 Å². The average molecular weight is 475 g/mol. The molecule has 0 amide bonds. The van der Waals surface area contributed by atoms with Crippen molar-refractivity contribution in [2.24, 2.45) is 23.7 Å². The van der Waals surface area contributed by atoms with Crippen LogP contribution in [0.2, 0.25) is 0 Å². The zero-order chi connectivity index (χ0) is 25.6. The lowest BCUT2D eigenvalue weighted by Crippen LogP contribution is -2.33. The van der Waals surface area contributed by atoms with E-state index < -0.39 is 12.4 Å². The molecule has 9 atom stereocenters. The number of ether oxygens (including phenoxy) is 4. The molecule has 0 saturated heterocycles. The molecule has 0 aromatic rings. The van der Waals surface area contributed by atoms with Gasteiger partial charge in [-0.2, -0.15) is 0 Å². The van der Waals surface area contributed by atoms with Crippen LogP contribution in [-0.4, -0.2) is 81.6 Å². The predicted molar refractivity (Wildman–Crippen MR) is 132 cm³/mol. The summed E-state index contributed by atoms with van der Waals surface area (Å²) in [5, 5.41) is 27.6. The van der Waals surface area contributed by atoms with Crippen molar-refractivity contribution in [1.82, 2.24) is 0 Å². The fourth-order valence-electron chi connectivity index (χ4n) is 4.59. The molecule has 0 spiro atoms. The summed E-state index contributed by atoms with van der Waals surface area (Å²) >= 11 is 0. The quantitative estimate of drug-likeness (QED) is 0.232. The van der Waals surface area contributed by atoms with Crippen LogP contribution in [0.25, 0.3) is 0 Å². The molecule has 1 aliphatic carbocycles. The second-order valence-electron chi connectivity index (χ2n) is 9.05. The van der Waals surface area contributed by atoms with Crippen LogP contribution in [0.15, 0.2) is 23.8 Å². The molecule has 1 aliphatic rings. The van der Waals surface area contributed by atoms with Crippen LogP contribution in [-0.2, 0) is 18.9 Å². The highest BCUT2D eigenvalue weighted by Crippen LogP contribution is 2.49. The first-order valence-corrected chi connectivity index (χ1v) is 12.0. The lowest BCUT2D eigenvalue weighted by molar-refractivity contribution is -0.164. The molecule has 0 aliphatic heterocycles. The molecule has 0 heterocycles. The minimum absolute atomic E-state index is 0.0802. The SMILES string of the molecule is CCC(OC)C(C)C1CC1C(O)C(C)/C=C/C=C(\C)CC(CC(OC)C(O)OC)OC.CO. The molecule has 0 aromatic heterocycles. The number of allylic oxidation sites excluding steroid dienone is 2. The van der Waals surface area contributed by atoms with Crippen molar-refractivity contribution in [2.75, 3.05) is 35.5 Å². The average Bonchev–Trinajstić information content (AvgIpc) is 3.63. The maximum Gasteiger partial charge on any atom is 0.180 e. The molecule has 196 valence electrons. The molecule has 7 nitrogen and oxygen atoms in total. The molecule has 3 N–H and O–H groups in total. The number of methoxy groups -OCH3 is 4. The van der Waals surface area contributed by atoms with E-state index in [0.29, 0.717) is 24.2 Å². The number of aliphatic hydroxyl groups is 3. The summed E-state index contributed by atoms with van der Waals surface area (Å²) in [6.45, 7) is 8.53. The van der Waals surface area contributed by atoms with Gasteiger partial charge in [-0.25, -0.2) is 0 Å². The number of hydrogen-bond acceptors (Lipinski definition) is 7. The number of rotatable bonds is 16. The third kappa shape index (κ3) is 11.0. The summed E-state index contributed by atoms with van der Waals surface area (Å²) in [6, 6.07) is 0. The van der Waals surface area contributed by atoms with E-state index in [2.05, 4.69) is 39.8 Å². The van der Waals surface area contributed by atoms with Crippen LogP contribution in [0.4, 0.5) is 0 Å². The van der Waals surface area contributed by atoms with Gasteiger partial charge in [0, 0.05) is 47.9 Å². The third-order valence-corrected chi connectivity index (χ3v) is 6.87. The van der Waals surface area contributed by atoms with E-state index in [0.717, 1.165) is 31.9 Å². The predicted octanol–water partition coefficient (Wildman–Crippen LogP) is 3.57. The summed E-state index contributed by atoms with van der Waals surface area (Å²) in [5.74, 6) is 1.49. The Labute approximate surface area is 201 Å². The van der Waals surface area contributed by atoms with Gasteiger partial charge in [-0.1, -0.05) is 44.6 Å². The zero-order valence-electron chi connectivity index (χ0n) is 22.2. The van der Waals surface area contributed by atoms with Gasteiger partial charge in [-0.05, 0) is 43.9 Å². The molecule has 33 heavy (non-hydrogen) atoms. The van der Waals surface area contributed by atoms with Crippen molar-refractivity contribution in [3.63, 3.8) is 0 Å². The molecule has 1 fully saturated rings. The van der Waals surface area contributed by atoms with Crippen molar-refractivity contribution >= 4 is 0 Å². The van der Waals surface area contributed by atoms with Gasteiger partial charge in [0.1, 0.15) is 6.10 Å². The Hall–Kier alpha value is -0.800. The lowest BCUT2D eigenvalue weighted by Gasteiger charge is -2.25. The fourth-order valence-corrected chi connectivity index (χ4v) is 4.59. The fraction of sp³-hybridized carbons (Fsp3) is 0.846. The maximum atomic E-state index is 10.8. The first kappa shape index (κ1) is 32.2. The molecule has 9 unspecified atom stereocenters. The van der Waals surface area contributed by atoms with Gasteiger partial charge in [0.15, 0.2) is 6.29 Å². The van der Waals surface area contributed by atoms with E-state index in [4.69, 9.17) is 24.1 Å². The highest BCUT2D eigenvalue weighted by molar-refractivity contribution is 5.13. The first-order valence-electron chi connectivity index (χ1n) is 12.0. The van der Waals surface area contributed by atoms with Crippen LogP contribution in [0.1, 0.15) is 53.4 Å². The Kier molecular flexibility index (Phi) is 17.2. The van der Waals surface area contributed by atoms with E-state index in [-0.39, 0.29) is 24.2 Å². The molecular weight excluding hydrogens is 424 g/mol. The summed E-state index contributed by atoms with van der Waals surface area (Å²) < 4.78 is 21.4. The molecule has 0 bridgehead atoms. The first-order chi connectivity index (χ1) is 15.7. The Morgan fingerprint density at radius 1 is 0.939 bits per heavy atom. The molecule has 7 heteroatoms. The van der Waals surface area contributed by atoms with Crippen LogP contribution < -0.4 is 0 Å². The van der Waals surface area contributed by atoms with Gasteiger partial charge in [0.2, 0.25) is 0 Å². The highest BCUT2D eigenvalue weighted by atomic mass is 16.6. The Balaban J connectivity index is 0.00000497. The molecular formula is C26H50O7. The second-order valence-corrected chi connectivity index (χ2v) is 9.05. The molecule has 1 saturated carbocycles. The summed E-state index contributed by atoms with van der Waals surface area (Å²) in [6.07, 6.45) is 7.98. The van der Waals surface area contributed by atoms with E-state index >= 15 is 0 Å². The summed E-state index contributed by atoms with van der Waals surface area (Å²) in [5.41, 5.74) is 1.16. The van der Waals surface area contributed by atoms with Gasteiger partial charge in [-0.3, -0.25) is 0 Å². The summed E-state index contributed by atoms with van der Waals surface area (Å²) in [7, 11) is 7.45. The minimum Gasteiger partial charge on any atom is -0.400 e. The maximum absolute atomic E-state index is 10.8. The van der Waals surface area contributed by atoms with E-state index in [1.54, 1.807) is 21.3 Å². The van der Waals surface area contributed by atoms with E-state index in [1.165, 1.54) is 7.11 Å². The van der Waals surface area contributed by atoms with Crippen molar-refractivity contribution in [3.05, 3.63) is 23.8 Å². The largest absolute Gasteiger partial charge is 0.400 e. The molecule has 0 radical (unpaired) electrons. The Morgan fingerprint density at radius 3 is 2.03 bits per heavy atom. The van der Waals surface area contributed by atoms with Crippen molar-refractivity contribution in [1.29, 1.82) is 0 Å². The minimum atomic E-state index is -0.973. The normalized spacial score (nSPS) is 24.9. The Bertz CT molecular complexity index is 547. The van der Waals surface area contributed by atoms with Gasteiger partial charge < -0.3 is 34.3 Å². The lowest BCUT2D eigenvalue weighted by atomic mass is 9.91. The van der Waals surface area contributed by atoms with E-state index in [1.807, 2.05) is 6.08 Å². The molecule has 0 aromatic carbocycles. The van der Waals surface area contributed by atoms with Gasteiger partial charge >= 0.3 is 0 Å². The second kappa shape index (κ2) is 17.6. The van der Waals surface area contributed by atoms with Gasteiger partial charge in [-0.15, -0.1) is 0 Å². The Morgan fingerprint density at radius 2 is 1.55 bits per heavy atom. The van der Waals surface area contributed by atoms with Crippen LogP contribution in [0.5, 0.6) is 0 Å². The summed E-state index contributed by atoms with van der Waals surface area (Å²) in [4.78, 5) is 0. The van der Waals surface area contributed by atoms with Gasteiger partial charge in [0.05, 0.1) is 18.3 Å². The zero-order valence-corrected chi connectivity index (χ0v) is 22.2. The van der Waals surface area contributed by atoms with Gasteiger partial charge in [0.25, 0.3) is 0 Å². The van der Waals surface area contributed by atoms with Crippen LogP contribution in [0, 0.1) is 23.7 Å². The van der Waals surface area contributed by atoms with Crippen molar-refractivity contribution in [2.45, 2.75) is 84.1 Å². The molecule has 1 rings (SSSR count). The smallest absolute Gasteiger partial charge is 0.180 e. The van der Waals surface area contributed by atoms with E-state index in [9.17, 15) is 10.2 Å². The monoisotopic (exact) mass is 474 g/mol. The number of aliphatic hydroxyl groups excluding tert-OH is 3.